The summed E-state index contributed by atoms with van der Waals surface area (Å²) < 4.78 is 10.9. The van der Waals surface area contributed by atoms with E-state index in [4.69, 9.17) is 15.9 Å². The number of methoxy groups -OCH3 is 1. The summed E-state index contributed by atoms with van der Waals surface area (Å²) >= 11 is 0. The van der Waals surface area contributed by atoms with Gasteiger partial charge >= 0.3 is 0 Å². The minimum atomic E-state index is -0.113. The number of terminal acetylenes is 1. The number of hydrogen-bond donors (Lipinski definition) is 0. The van der Waals surface area contributed by atoms with E-state index in [0.717, 1.165) is 22.4 Å². The normalized spacial score (nSPS) is 11.0. The molecule has 2 rings (SSSR count). The van der Waals surface area contributed by atoms with Gasteiger partial charge in [0.25, 0.3) is 0 Å². The van der Waals surface area contributed by atoms with Gasteiger partial charge in [-0.1, -0.05) is 48.1 Å². The molecule has 2 aromatic carbocycles. The lowest BCUT2D eigenvalue weighted by Crippen LogP contribution is -2.04. The minimum Gasteiger partial charge on any atom is -0.497 e. The van der Waals surface area contributed by atoms with E-state index in [2.05, 4.69) is 17.8 Å². The minimum absolute atomic E-state index is 0.113. The highest BCUT2D eigenvalue weighted by Crippen LogP contribution is 2.21. The molecule has 0 aromatic heterocycles. The van der Waals surface area contributed by atoms with Gasteiger partial charge < -0.3 is 9.47 Å². The molecule has 0 aliphatic heterocycles. The van der Waals surface area contributed by atoms with Crippen LogP contribution in [0, 0.1) is 31.1 Å². The molecule has 1 atom stereocenters. The second kappa shape index (κ2) is 8.69. The Bertz CT molecular complexity index is 730. The van der Waals surface area contributed by atoms with Crippen LogP contribution in [0.3, 0.4) is 0 Å². The largest absolute Gasteiger partial charge is 0.497 e. The molecule has 0 aliphatic carbocycles. The second-order valence-electron chi connectivity index (χ2n) is 5.10. The zero-order valence-corrected chi connectivity index (χ0v) is 13.5. The van der Waals surface area contributed by atoms with Crippen LogP contribution in [0.15, 0.2) is 48.5 Å². The Balaban J connectivity index is 2.11. The first-order valence-corrected chi connectivity index (χ1v) is 7.48. The van der Waals surface area contributed by atoms with E-state index < -0.39 is 0 Å². The number of aryl methyl sites for hydroxylation is 1. The van der Waals surface area contributed by atoms with Gasteiger partial charge in [-0.25, -0.2) is 0 Å². The zero-order chi connectivity index (χ0) is 16.5. The Kier molecular flexibility index (Phi) is 6.30. The summed E-state index contributed by atoms with van der Waals surface area (Å²) in [7, 11) is 1.66. The van der Waals surface area contributed by atoms with Gasteiger partial charge in [0.15, 0.2) is 0 Å². The Morgan fingerprint density at radius 2 is 1.91 bits per heavy atom. The smallest absolute Gasteiger partial charge is 0.119 e. The highest BCUT2D eigenvalue weighted by atomic mass is 16.5. The summed E-state index contributed by atoms with van der Waals surface area (Å²) in [5.41, 5.74) is 3.18. The topological polar surface area (TPSA) is 18.5 Å². The molecule has 0 fully saturated rings. The summed E-state index contributed by atoms with van der Waals surface area (Å²) in [5.74, 6) is 9.76. The SMILES string of the molecule is C#CCOC(CC#Cc1ccc(OC)cc1C)c1ccccc1. The average Bonchev–Trinajstić information content (AvgIpc) is 2.59. The van der Waals surface area contributed by atoms with E-state index in [1.165, 1.54) is 0 Å². The van der Waals surface area contributed by atoms with Crippen LogP contribution in [0.5, 0.6) is 5.75 Å². The van der Waals surface area contributed by atoms with Crippen molar-refractivity contribution in [3.05, 3.63) is 65.2 Å². The molecule has 0 amide bonds. The highest BCUT2D eigenvalue weighted by molar-refractivity contribution is 5.44. The van der Waals surface area contributed by atoms with Gasteiger partial charge in [0.1, 0.15) is 12.4 Å². The molecule has 2 aromatic rings. The maximum absolute atomic E-state index is 5.72. The third kappa shape index (κ3) is 4.92. The van der Waals surface area contributed by atoms with Crippen LogP contribution >= 0.6 is 0 Å². The molecule has 0 spiro atoms. The summed E-state index contributed by atoms with van der Waals surface area (Å²) in [6.07, 6.45) is 5.78. The molecule has 23 heavy (non-hydrogen) atoms. The molecule has 0 radical (unpaired) electrons. The van der Waals surface area contributed by atoms with E-state index in [0.29, 0.717) is 6.42 Å². The van der Waals surface area contributed by atoms with Gasteiger partial charge in [-0.05, 0) is 36.2 Å². The van der Waals surface area contributed by atoms with Crippen LogP contribution in [0.1, 0.15) is 29.2 Å². The molecule has 0 N–H and O–H groups in total. The molecule has 2 heteroatoms. The fourth-order valence-electron chi connectivity index (χ4n) is 2.23. The van der Waals surface area contributed by atoms with Crippen LogP contribution in [0.2, 0.25) is 0 Å². The average molecular weight is 304 g/mol. The highest BCUT2D eigenvalue weighted by Gasteiger charge is 2.09. The Morgan fingerprint density at radius 1 is 1.13 bits per heavy atom. The monoisotopic (exact) mass is 304 g/mol. The Hall–Kier alpha value is -2.68. The molecule has 0 saturated heterocycles. The Labute approximate surface area is 138 Å². The molecular formula is C21H20O2. The molecule has 1 unspecified atom stereocenters. The third-order valence-corrected chi connectivity index (χ3v) is 3.48. The number of ether oxygens (including phenoxy) is 2. The first-order valence-electron chi connectivity index (χ1n) is 7.48. The van der Waals surface area contributed by atoms with Crippen LogP contribution in [0.4, 0.5) is 0 Å². The van der Waals surface area contributed by atoms with Crippen LogP contribution < -0.4 is 4.74 Å². The molecule has 2 nitrogen and oxygen atoms in total. The van der Waals surface area contributed by atoms with Crippen molar-refractivity contribution in [2.45, 2.75) is 19.4 Å². The van der Waals surface area contributed by atoms with Crippen LogP contribution in [0.25, 0.3) is 0 Å². The van der Waals surface area contributed by atoms with Gasteiger partial charge in [0, 0.05) is 12.0 Å². The number of rotatable bonds is 5. The second-order valence-corrected chi connectivity index (χ2v) is 5.10. The maximum atomic E-state index is 5.72. The van der Waals surface area contributed by atoms with E-state index in [-0.39, 0.29) is 12.7 Å². The van der Waals surface area contributed by atoms with Gasteiger partial charge in [-0.3, -0.25) is 0 Å². The van der Waals surface area contributed by atoms with Gasteiger partial charge in [-0.2, -0.15) is 0 Å². The van der Waals surface area contributed by atoms with Crippen LogP contribution in [-0.2, 0) is 4.74 Å². The standard InChI is InChI=1S/C21H20O2/c1-4-15-23-21(19-9-6-5-7-10-19)12-8-11-18-13-14-20(22-3)16-17(18)2/h1,5-7,9-10,13-14,16,21H,12,15H2,2-3H3. The predicted octanol–water partition coefficient (Wildman–Crippen LogP) is 4.14. The number of hydrogen-bond acceptors (Lipinski definition) is 2. The lowest BCUT2D eigenvalue weighted by molar-refractivity contribution is 0.0819. The molecule has 0 bridgehead atoms. The lowest BCUT2D eigenvalue weighted by Gasteiger charge is -2.14. The third-order valence-electron chi connectivity index (χ3n) is 3.48. The van der Waals surface area contributed by atoms with Gasteiger partial charge in [-0.15, -0.1) is 6.42 Å². The lowest BCUT2D eigenvalue weighted by atomic mass is 10.1. The van der Waals surface area contributed by atoms with Crippen molar-refractivity contribution in [3.63, 3.8) is 0 Å². The number of benzene rings is 2. The molecule has 0 aliphatic rings. The van der Waals surface area contributed by atoms with Gasteiger partial charge in [0.05, 0.1) is 13.2 Å². The van der Waals surface area contributed by atoms with Crippen molar-refractivity contribution in [1.82, 2.24) is 0 Å². The molecule has 0 heterocycles. The fraction of sp³-hybridized carbons (Fsp3) is 0.238. The van der Waals surface area contributed by atoms with E-state index >= 15 is 0 Å². The Morgan fingerprint density at radius 3 is 2.57 bits per heavy atom. The summed E-state index contributed by atoms with van der Waals surface area (Å²) in [5, 5.41) is 0. The summed E-state index contributed by atoms with van der Waals surface area (Å²) in [6.45, 7) is 2.30. The molecular weight excluding hydrogens is 284 g/mol. The summed E-state index contributed by atoms with van der Waals surface area (Å²) in [6, 6.07) is 15.9. The molecule has 116 valence electrons. The van der Waals surface area contributed by atoms with Crippen molar-refractivity contribution in [1.29, 1.82) is 0 Å². The fourth-order valence-corrected chi connectivity index (χ4v) is 2.23. The maximum Gasteiger partial charge on any atom is 0.119 e. The van der Waals surface area contributed by atoms with Crippen molar-refractivity contribution in [3.8, 4) is 29.9 Å². The summed E-state index contributed by atoms with van der Waals surface area (Å²) in [4.78, 5) is 0. The van der Waals surface area contributed by atoms with E-state index in [1.807, 2.05) is 55.5 Å². The predicted molar refractivity (Wildman–Crippen MR) is 93.2 cm³/mol. The van der Waals surface area contributed by atoms with E-state index in [1.54, 1.807) is 7.11 Å². The van der Waals surface area contributed by atoms with E-state index in [9.17, 15) is 0 Å². The van der Waals surface area contributed by atoms with Crippen molar-refractivity contribution in [2.75, 3.05) is 13.7 Å². The zero-order valence-electron chi connectivity index (χ0n) is 13.5. The first-order chi connectivity index (χ1) is 11.2. The first kappa shape index (κ1) is 16.7. The quantitative estimate of drug-likeness (QED) is 0.773. The molecule has 0 saturated carbocycles. The van der Waals surface area contributed by atoms with Crippen molar-refractivity contribution in [2.24, 2.45) is 0 Å². The van der Waals surface area contributed by atoms with Crippen LogP contribution in [-0.4, -0.2) is 13.7 Å². The van der Waals surface area contributed by atoms with Crippen molar-refractivity contribution >= 4 is 0 Å². The van der Waals surface area contributed by atoms with Crippen molar-refractivity contribution < 1.29 is 9.47 Å². The van der Waals surface area contributed by atoms with Gasteiger partial charge in [0.2, 0.25) is 0 Å².